The van der Waals surface area contributed by atoms with Crippen molar-refractivity contribution in [1.29, 1.82) is 0 Å². The summed E-state index contributed by atoms with van der Waals surface area (Å²) in [6.07, 6.45) is 4.65. The van der Waals surface area contributed by atoms with Gasteiger partial charge < -0.3 is 5.32 Å². The molecule has 1 fully saturated rings. The van der Waals surface area contributed by atoms with Crippen molar-refractivity contribution in [2.24, 2.45) is 5.92 Å². The minimum Gasteiger partial charge on any atom is -0.334 e. The quantitative estimate of drug-likeness (QED) is 0.641. The van der Waals surface area contributed by atoms with Crippen molar-refractivity contribution < 1.29 is 9.63 Å². The highest BCUT2D eigenvalue weighted by Crippen LogP contribution is 2.23. The van der Waals surface area contributed by atoms with E-state index in [2.05, 4.69) is 22.6 Å². The summed E-state index contributed by atoms with van der Waals surface area (Å²) >= 11 is 0. The molecule has 0 aliphatic heterocycles. The van der Waals surface area contributed by atoms with Gasteiger partial charge in [-0.25, -0.2) is 10.3 Å². The third-order valence-electron chi connectivity index (χ3n) is 2.47. The molecule has 2 amide bonds. The van der Waals surface area contributed by atoms with Crippen molar-refractivity contribution in [3.05, 3.63) is 0 Å². The molecule has 0 saturated heterocycles. The highest BCUT2D eigenvalue weighted by molar-refractivity contribution is 5.72. The molecule has 0 spiro atoms. The van der Waals surface area contributed by atoms with Crippen LogP contribution in [0, 0.1) is 5.92 Å². The standard InChI is InChI=1S/C9H18N2O2/c1-7-4-3-5-8(6-7)10-9(12)11-13-2/h7-8H,3-6H2,1-2H3,(H2,10,11,12). The van der Waals surface area contributed by atoms with Crippen LogP contribution in [0.1, 0.15) is 32.6 Å². The van der Waals surface area contributed by atoms with E-state index in [1.165, 1.54) is 20.0 Å². The molecular weight excluding hydrogens is 168 g/mol. The molecule has 1 aliphatic carbocycles. The molecule has 1 saturated carbocycles. The summed E-state index contributed by atoms with van der Waals surface area (Å²) in [5.74, 6) is 0.724. The average molecular weight is 186 g/mol. The molecule has 2 atom stereocenters. The number of hydroxylamine groups is 1. The van der Waals surface area contributed by atoms with Crippen molar-refractivity contribution in [2.45, 2.75) is 38.6 Å². The number of nitrogens with one attached hydrogen (secondary N) is 2. The zero-order chi connectivity index (χ0) is 9.68. The lowest BCUT2D eigenvalue weighted by atomic mass is 9.87. The Kier molecular flexibility index (Phi) is 4.02. The van der Waals surface area contributed by atoms with Crippen LogP contribution in [0.25, 0.3) is 0 Å². The van der Waals surface area contributed by atoms with Gasteiger partial charge in [0.2, 0.25) is 0 Å². The Morgan fingerprint density at radius 2 is 2.23 bits per heavy atom. The molecule has 0 aromatic rings. The number of hydrogen-bond donors (Lipinski definition) is 2. The first-order valence-corrected chi connectivity index (χ1v) is 4.82. The Labute approximate surface area is 79.0 Å². The van der Waals surface area contributed by atoms with Gasteiger partial charge in [0.05, 0.1) is 7.11 Å². The van der Waals surface area contributed by atoms with E-state index in [1.54, 1.807) is 0 Å². The molecule has 0 radical (unpaired) electrons. The van der Waals surface area contributed by atoms with Crippen molar-refractivity contribution in [2.75, 3.05) is 7.11 Å². The van der Waals surface area contributed by atoms with E-state index in [1.807, 2.05) is 0 Å². The first kappa shape index (κ1) is 10.3. The highest BCUT2D eigenvalue weighted by Gasteiger charge is 2.19. The molecule has 1 aliphatic rings. The summed E-state index contributed by atoms with van der Waals surface area (Å²) in [4.78, 5) is 15.6. The number of hydrogen-bond acceptors (Lipinski definition) is 2. The van der Waals surface area contributed by atoms with Gasteiger partial charge in [0.1, 0.15) is 0 Å². The number of rotatable bonds is 2. The smallest absolute Gasteiger partial charge is 0.334 e. The summed E-state index contributed by atoms with van der Waals surface area (Å²) in [5.41, 5.74) is 2.26. The number of carbonyl (C=O) groups is 1. The van der Waals surface area contributed by atoms with Crippen LogP contribution >= 0.6 is 0 Å². The molecule has 0 aromatic heterocycles. The van der Waals surface area contributed by atoms with Gasteiger partial charge in [0.25, 0.3) is 0 Å². The van der Waals surface area contributed by atoms with Crippen LogP contribution < -0.4 is 10.8 Å². The molecule has 76 valence electrons. The Morgan fingerprint density at radius 3 is 2.85 bits per heavy atom. The third kappa shape index (κ3) is 3.63. The zero-order valence-electron chi connectivity index (χ0n) is 8.30. The first-order chi connectivity index (χ1) is 6.22. The molecule has 0 aromatic carbocycles. The topological polar surface area (TPSA) is 50.4 Å². The molecular formula is C9H18N2O2. The van der Waals surface area contributed by atoms with Crippen LogP contribution in [0.3, 0.4) is 0 Å². The predicted octanol–water partition coefficient (Wildman–Crippen LogP) is 1.43. The van der Waals surface area contributed by atoms with Gasteiger partial charge in [-0.05, 0) is 18.8 Å². The van der Waals surface area contributed by atoms with Gasteiger partial charge >= 0.3 is 6.03 Å². The van der Waals surface area contributed by atoms with Crippen molar-refractivity contribution in [3.63, 3.8) is 0 Å². The van der Waals surface area contributed by atoms with E-state index in [9.17, 15) is 4.79 Å². The summed E-state index contributed by atoms with van der Waals surface area (Å²) in [6, 6.07) is 0.0838. The molecule has 0 bridgehead atoms. The lowest BCUT2D eigenvalue weighted by Gasteiger charge is -2.27. The van der Waals surface area contributed by atoms with Gasteiger partial charge in [-0.2, -0.15) is 0 Å². The molecule has 2 N–H and O–H groups in total. The van der Waals surface area contributed by atoms with Crippen LogP contribution in [0.2, 0.25) is 0 Å². The molecule has 1 rings (SSSR count). The van der Waals surface area contributed by atoms with E-state index >= 15 is 0 Å². The first-order valence-electron chi connectivity index (χ1n) is 4.82. The Bertz CT molecular complexity index is 173. The molecule has 0 heterocycles. The fourth-order valence-corrected chi connectivity index (χ4v) is 1.87. The predicted molar refractivity (Wildman–Crippen MR) is 50.1 cm³/mol. The summed E-state index contributed by atoms with van der Waals surface area (Å²) in [6.45, 7) is 2.22. The van der Waals surface area contributed by atoms with Crippen LogP contribution in [0.15, 0.2) is 0 Å². The van der Waals surface area contributed by atoms with Crippen LogP contribution in [0.5, 0.6) is 0 Å². The van der Waals surface area contributed by atoms with Crippen molar-refractivity contribution in [3.8, 4) is 0 Å². The Hall–Kier alpha value is -0.770. The van der Waals surface area contributed by atoms with Gasteiger partial charge in [-0.1, -0.05) is 19.8 Å². The molecule has 4 nitrogen and oxygen atoms in total. The van der Waals surface area contributed by atoms with E-state index in [0.29, 0.717) is 6.04 Å². The fourth-order valence-electron chi connectivity index (χ4n) is 1.87. The summed E-state index contributed by atoms with van der Waals surface area (Å²) in [5, 5.41) is 2.88. The molecule has 4 heteroatoms. The van der Waals surface area contributed by atoms with E-state index < -0.39 is 0 Å². The third-order valence-corrected chi connectivity index (χ3v) is 2.47. The second kappa shape index (κ2) is 5.07. The number of urea groups is 1. The lowest BCUT2D eigenvalue weighted by molar-refractivity contribution is 0.104. The second-order valence-electron chi connectivity index (χ2n) is 3.75. The lowest BCUT2D eigenvalue weighted by Crippen LogP contribution is -2.43. The van der Waals surface area contributed by atoms with Gasteiger partial charge in [-0.3, -0.25) is 4.84 Å². The minimum atomic E-state index is -0.235. The highest BCUT2D eigenvalue weighted by atomic mass is 16.6. The average Bonchev–Trinajstić information content (AvgIpc) is 2.04. The SMILES string of the molecule is CONC(=O)NC1CCCC(C)C1. The largest absolute Gasteiger partial charge is 0.338 e. The Balaban J connectivity index is 2.23. The van der Waals surface area contributed by atoms with E-state index in [0.717, 1.165) is 18.8 Å². The fraction of sp³-hybridized carbons (Fsp3) is 0.889. The minimum absolute atomic E-state index is 0.235. The monoisotopic (exact) mass is 186 g/mol. The van der Waals surface area contributed by atoms with Crippen LogP contribution in [-0.4, -0.2) is 19.2 Å². The Morgan fingerprint density at radius 1 is 1.46 bits per heavy atom. The maximum Gasteiger partial charge on any atom is 0.338 e. The van der Waals surface area contributed by atoms with E-state index in [4.69, 9.17) is 0 Å². The number of amides is 2. The summed E-state index contributed by atoms with van der Waals surface area (Å²) < 4.78 is 0. The molecule has 13 heavy (non-hydrogen) atoms. The van der Waals surface area contributed by atoms with Crippen molar-refractivity contribution >= 4 is 6.03 Å². The molecule has 2 unspecified atom stereocenters. The normalized spacial score (nSPS) is 28.2. The maximum absolute atomic E-state index is 11.1. The summed E-state index contributed by atoms with van der Waals surface area (Å²) in [7, 11) is 1.43. The zero-order valence-corrected chi connectivity index (χ0v) is 8.30. The van der Waals surface area contributed by atoms with Gasteiger partial charge in [-0.15, -0.1) is 0 Å². The van der Waals surface area contributed by atoms with Gasteiger partial charge in [0.15, 0.2) is 0 Å². The van der Waals surface area contributed by atoms with E-state index in [-0.39, 0.29) is 6.03 Å². The van der Waals surface area contributed by atoms with Crippen LogP contribution in [0.4, 0.5) is 4.79 Å². The van der Waals surface area contributed by atoms with Crippen LogP contribution in [-0.2, 0) is 4.84 Å². The number of carbonyl (C=O) groups excluding carboxylic acids is 1. The second-order valence-corrected chi connectivity index (χ2v) is 3.75. The maximum atomic E-state index is 11.1. The van der Waals surface area contributed by atoms with Gasteiger partial charge in [0, 0.05) is 6.04 Å². The van der Waals surface area contributed by atoms with Crippen molar-refractivity contribution in [1.82, 2.24) is 10.8 Å².